The standard InChI is InChI=1S/C8H10N2O2/c1-2-12-8-5-3-7(4-6-8)9-10-11/h3-6H,2H2,1H3,(H,9,11). The van der Waals surface area contributed by atoms with Crippen molar-refractivity contribution in [2.75, 3.05) is 12.0 Å². The Morgan fingerprint density at radius 2 is 2.08 bits per heavy atom. The molecular formula is C8H10N2O2. The number of benzene rings is 1. The van der Waals surface area contributed by atoms with E-state index in [0.29, 0.717) is 12.3 Å². The maximum absolute atomic E-state index is 9.79. The van der Waals surface area contributed by atoms with Gasteiger partial charge in [0.1, 0.15) is 5.75 Å². The Hall–Kier alpha value is -1.58. The minimum absolute atomic E-state index is 0.638. The maximum Gasteiger partial charge on any atom is 0.119 e. The molecule has 1 rings (SSSR count). The fourth-order valence-electron chi connectivity index (χ4n) is 0.845. The van der Waals surface area contributed by atoms with Crippen LogP contribution in [-0.2, 0) is 0 Å². The van der Waals surface area contributed by atoms with E-state index in [1.54, 1.807) is 24.3 Å². The molecule has 4 nitrogen and oxygen atoms in total. The first-order chi connectivity index (χ1) is 5.86. The summed E-state index contributed by atoms with van der Waals surface area (Å²) in [6, 6.07) is 7.01. The van der Waals surface area contributed by atoms with E-state index in [1.165, 1.54) is 0 Å². The third-order valence-corrected chi connectivity index (χ3v) is 1.34. The maximum atomic E-state index is 9.79. The molecule has 0 bridgehead atoms. The summed E-state index contributed by atoms with van der Waals surface area (Å²) in [5.41, 5.74) is 2.95. The summed E-state index contributed by atoms with van der Waals surface area (Å²) in [6.45, 7) is 2.55. The fraction of sp³-hybridized carbons (Fsp3) is 0.250. The number of hydrogen-bond acceptors (Lipinski definition) is 3. The molecule has 1 N–H and O–H groups in total. The lowest BCUT2D eigenvalue weighted by Gasteiger charge is -2.02. The topological polar surface area (TPSA) is 50.7 Å². The molecule has 0 unspecified atom stereocenters. The van der Waals surface area contributed by atoms with Gasteiger partial charge in [0.15, 0.2) is 0 Å². The summed E-state index contributed by atoms with van der Waals surface area (Å²) in [6.07, 6.45) is 0. The van der Waals surface area contributed by atoms with Crippen molar-refractivity contribution in [1.82, 2.24) is 0 Å². The number of ether oxygens (including phenoxy) is 1. The molecule has 64 valence electrons. The number of rotatable bonds is 4. The number of hydrogen-bond donors (Lipinski definition) is 1. The molecule has 0 saturated carbocycles. The van der Waals surface area contributed by atoms with E-state index in [9.17, 15) is 4.91 Å². The molecule has 1 aromatic rings. The van der Waals surface area contributed by atoms with Gasteiger partial charge in [0, 0.05) is 0 Å². The van der Waals surface area contributed by atoms with Gasteiger partial charge in [-0.15, -0.1) is 4.91 Å². The number of nitrogens with one attached hydrogen (secondary N) is 1. The van der Waals surface area contributed by atoms with Gasteiger partial charge < -0.3 is 4.74 Å². The minimum Gasteiger partial charge on any atom is -0.494 e. The first-order valence-electron chi connectivity index (χ1n) is 3.68. The fourth-order valence-corrected chi connectivity index (χ4v) is 0.845. The lowest BCUT2D eigenvalue weighted by Crippen LogP contribution is -1.91. The summed E-state index contributed by atoms with van der Waals surface area (Å²) in [7, 11) is 0. The minimum atomic E-state index is 0.638. The van der Waals surface area contributed by atoms with Crippen LogP contribution >= 0.6 is 0 Å². The number of anilines is 1. The van der Waals surface area contributed by atoms with Gasteiger partial charge in [-0.2, -0.15) is 0 Å². The Morgan fingerprint density at radius 1 is 1.42 bits per heavy atom. The van der Waals surface area contributed by atoms with Gasteiger partial charge in [-0.05, 0) is 31.2 Å². The van der Waals surface area contributed by atoms with Crippen LogP contribution in [0.2, 0.25) is 0 Å². The molecule has 0 aliphatic rings. The third kappa shape index (κ3) is 2.23. The Bertz CT molecular complexity index is 246. The zero-order chi connectivity index (χ0) is 8.81. The Labute approximate surface area is 70.5 Å². The van der Waals surface area contributed by atoms with Crippen molar-refractivity contribution < 1.29 is 4.74 Å². The molecule has 0 saturated heterocycles. The zero-order valence-corrected chi connectivity index (χ0v) is 6.78. The van der Waals surface area contributed by atoms with Crippen molar-refractivity contribution in [3.63, 3.8) is 0 Å². The van der Waals surface area contributed by atoms with E-state index < -0.39 is 0 Å². The second-order valence-electron chi connectivity index (χ2n) is 2.16. The van der Waals surface area contributed by atoms with Crippen molar-refractivity contribution in [3.8, 4) is 5.75 Å². The predicted molar refractivity (Wildman–Crippen MR) is 47.0 cm³/mol. The highest BCUT2D eigenvalue weighted by atomic mass is 16.5. The van der Waals surface area contributed by atoms with Crippen LogP contribution in [0.4, 0.5) is 5.69 Å². The van der Waals surface area contributed by atoms with Crippen LogP contribution < -0.4 is 10.2 Å². The average molecular weight is 166 g/mol. The van der Waals surface area contributed by atoms with E-state index in [4.69, 9.17) is 4.74 Å². The zero-order valence-electron chi connectivity index (χ0n) is 6.78. The lowest BCUT2D eigenvalue weighted by molar-refractivity contribution is 0.340. The predicted octanol–water partition coefficient (Wildman–Crippen LogP) is 2.18. The first-order valence-corrected chi connectivity index (χ1v) is 3.68. The summed E-state index contributed by atoms with van der Waals surface area (Å²) >= 11 is 0. The van der Waals surface area contributed by atoms with Gasteiger partial charge in [0.05, 0.1) is 17.6 Å². The van der Waals surface area contributed by atoms with Crippen LogP contribution in [0.15, 0.2) is 29.6 Å². The molecule has 4 heteroatoms. The third-order valence-electron chi connectivity index (χ3n) is 1.34. The summed E-state index contributed by atoms with van der Waals surface area (Å²) in [4.78, 5) is 9.79. The van der Waals surface area contributed by atoms with Crippen molar-refractivity contribution in [2.45, 2.75) is 6.92 Å². The second-order valence-corrected chi connectivity index (χ2v) is 2.16. The van der Waals surface area contributed by atoms with E-state index in [-0.39, 0.29) is 0 Å². The van der Waals surface area contributed by atoms with Crippen LogP contribution in [0, 0.1) is 4.91 Å². The molecule has 0 radical (unpaired) electrons. The van der Waals surface area contributed by atoms with Crippen molar-refractivity contribution in [2.24, 2.45) is 5.29 Å². The van der Waals surface area contributed by atoms with E-state index >= 15 is 0 Å². The normalized spacial score (nSPS) is 9.08. The summed E-state index contributed by atoms with van der Waals surface area (Å²) in [5.74, 6) is 0.786. The molecule has 0 spiro atoms. The SMILES string of the molecule is CCOc1ccc(NN=O)cc1. The molecule has 0 aliphatic heterocycles. The van der Waals surface area contributed by atoms with Gasteiger partial charge in [-0.25, -0.2) is 5.43 Å². The highest BCUT2D eigenvalue weighted by molar-refractivity contribution is 5.45. The van der Waals surface area contributed by atoms with Crippen LogP contribution in [0.25, 0.3) is 0 Å². The summed E-state index contributed by atoms with van der Waals surface area (Å²) < 4.78 is 5.20. The largest absolute Gasteiger partial charge is 0.494 e. The lowest BCUT2D eigenvalue weighted by atomic mass is 10.3. The van der Waals surface area contributed by atoms with Crippen LogP contribution in [0.1, 0.15) is 6.92 Å². The van der Waals surface area contributed by atoms with Crippen LogP contribution in [0.3, 0.4) is 0 Å². The van der Waals surface area contributed by atoms with Crippen molar-refractivity contribution in [3.05, 3.63) is 29.2 Å². The van der Waals surface area contributed by atoms with Gasteiger partial charge in [-0.1, -0.05) is 0 Å². The average Bonchev–Trinajstić information content (AvgIpc) is 2.09. The van der Waals surface area contributed by atoms with Gasteiger partial charge in [-0.3, -0.25) is 0 Å². The monoisotopic (exact) mass is 166 g/mol. The van der Waals surface area contributed by atoms with Gasteiger partial charge in [0.25, 0.3) is 0 Å². The first kappa shape index (κ1) is 8.52. The Morgan fingerprint density at radius 3 is 2.58 bits per heavy atom. The highest BCUT2D eigenvalue weighted by Gasteiger charge is 1.92. The molecule has 0 aliphatic carbocycles. The van der Waals surface area contributed by atoms with Gasteiger partial charge >= 0.3 is 0 Å². The van der Waals surface area contributed by atoms with E-state index in [1.807, 2.05) is 6.92 Å². The van der Waals surface area contributed by atoms with Gasteiger partial charge in [0.2, 0.25) is 0 Å². The number of nitrogens with zero attached hydrogens (tertiary/aromatic N) is 1. The Kier molecular flexibility index (Phi) is 3.07. The quantitative estimate of drug-likeness (QED) is 0.551. The molecule has 1 aromatic carbocycles. The van der Waals surface area contributed by atoms with Crippen LogP contribution in [0.5, 0.6) is 5.75 Å². The molecule has 0 amide bonds. The summed E-state index contributed by atoms with van der Waals surface area (Å²) in [5, 5.41) is 2.54. The second kappa shape index (κ2) is 4.33. The molecule has 0 fully saturated rings. The van der Waals surface area contributed by atoms with Crippen molar-refractivity contribution in [1.29, 1.82) is 0 Å². The van der Waals surface area contributed by atoms with E-state index in [0.717, 1.165) is 5.75 Å². The molecule has 12 heavy (non-hydrogen) atoms. The number of nitroso groups, excluding NO2 is 1. The smallest absolute Gasteiger partial charge is 0.119 e. The van der Waals surface area contributed by atoms with E-state index in [2.05, 4.69) is 10.7 Å². The van der Waals surface area contributed by atoms with Crippen LogP contribution in [-0.4, -0.2) is 6.61 Å². The van der Waals surface area contributed by atoms with Crippen molar-refractivity contribution >= 4 is 5.69 Å². The molecule has 0 aromatic heterocycles. The Balaban J connectivity index is 2.64. The molecule has 0 heterocycles. The molecule has 0 atom stereocenters. The highest BCUT2D eigenvalue weighted by Crippen LogP contribution is 2.15. The molecular weight excluding hydrogens is 156 g/mol.